The maximum Gasteiger partial charge on any atom is 0.265 e. The van der Waals surface area contributed by atoms with Crippen LogP contribution in [-0.2, 0) is 17.1 Å². The lowest BCUT2D eigenvalue weighted by Gasteiger charge is -2.34. The molecule has 1 aliphatic rings. The molecule has 0 spiro atoms. The molecule has 1 aliphatic heterocycles. The van der Waals surface area contributed by atoms with E-state index in [1.54, 1.807) is 29.8 Å². The summed E-state index contributed by atoms with van der Waals surface area (Å²) in [5, 5.41) is 0. The van der Waals surface area contributed by atoms with E-state index in [0.717, 1.165) is 4.90 Å². The molecule has 0 bridgehead atoms. The summed E-state index contributed by atoms with van der Waals surface area (Å²) in [5.74, 6) is -0.409. The van der Waals surface area contributed by atoms with Gasteiger partial charge in [-0.15, -0.1) is 11.8 Å². The van der Waals surface area contributed by atoms with E-state index in [1.165, 1.54) is 28.2 Å². The Hall–Kier alpha value is -2.50. The molecule has 162 valence electrons. The SMILES string of the molecule is COc1cc(SC)ccc1C(=O)N1CCN(S(=O)(=O)c2cc(C(N)=O)n(C)c2)CC1. The number of nitrogens with zero attached hydrogens (tertiary/aromatic N) is 3. The lowest BCUT2D eigenvalue weighted by atomic mass is 10.1. The number of piperazine rings is 1. The number of hydrogen-bond acceptors (Lipinski definition) is 6. The summed E-state index contributed by atoms with van der Waals surface area (Å²) < 4.78 is 33.9. The molecular weight excluding hydrogens is 428 g/mol. The van der Waals surface area contributed by atoms with Crippen molar-refractivity contribution in [2.75, 3.05) is 39.5 Å². The third-order valence-corrected chi connectivity index (χ3v) is 7.62. The molecule has 9 nitrogen and oxygen atoms in total. The highest BCUT2D eigenvalue weighted by Gasteiger charge is 2.32. The smallest absolute Gasteiger partial charge is 0.265 e. The van der Waals surface area contributed by atoms with Crippen LogP contribution in [0.4, 0.5) is 0 Å². The maximum atomic E-state index is 12.9. The average Bonchev–Trinajstić information content (AvgIpc) is 3.15. The first-order chi connectivity index (χ1) is 14.2. The van der Waals surface area contributed by atoms with Crippen LogP contribution in [0.1, 0.15) is 20.8 Å². The second-order valence-corrected chi connectivity index (χ2v) is 9.62. The van der Waals surface area contributed by atoms with Crippen molar-refractivity contribution in [3.63, 3.8) is 0 Å². The highest BCUT2D eigenvalue weighted by molar-refractivity contribution is 7.98. The average molecular weight is 453 g/mol. The number of methoxy groups -OCH3 is 1. The third kappa shape index (κ3) is 4.18. The van der Waals surface area contributed by atoms with Crippen molar-refractivity contribution in [1.82, 2.24) is 13.8 Å². The molecular formula is C19H24N4O5S2. The van der Waals surface area contributed by atoms with Gasteiger partial charge in [-0.2, -0.15) is 4.31 Å². The Morgan fingerprint density at radius 3 is 2.33 bits per heavy atom. The number of amides is 2. The number of benzene rings is 1. The molecule has 0 aliphatic carbocycles. The molecule has 0 atom stereocenters. The van der Waals surface area contributed by atoms with Gasteiger partial charge in [0, 0.05) is 44.3 Å². The number of hydrogen-bond donors (Lipinski definition) is 1. The standard InChI is InChI=1S/C19H24N4O5S2/c1-21-12-14(11-16(21)18(20)24)30(26,27)23-8-6-22(7-9-23)19(25)15-5-4-13(29-3)10-17(15)28-2/h4-5,10-12H,6-9H2,1-3H3,(H2,20,24). The van der Waals surface area contributed by atoms with Crippen LogP contribution < -0.4 is 10.5 Å². The molecule has 1 aromatic carbocycles. The van der Waals surface area contributed by atoms with Gasteiger partial charge in [0.25, 0.3) is 11.8 Å². The molecule has 2 N–H and O–H groups in total. The van der Waals surface area contributed by atoms with Crippen molar-refractivity contribution in [3.05, 3.63) is 41.7 Å². The van der Waals surface area contributed by atoms with Gasteiger partial charge in [0.2, 0.25) is 10.0 Å². The van der Waals surface area contributed by atoms with E-state index in [4.69, 9.17) is 10.5 Å². The first-order valence-electron chi connectivity index (χ1n) is 9.16. The molecule has 2 aromatic rings. The highest BCUT2D eigenvalue weighted by Crippen LogP contribution is 2.27. The fourth-order valence-electron chi connectivity index (χ4n) is 3.35. The molecule has 0 saturated carbocycles. The summed E-state index contributed by atoms with van der Waals surface area (Å²) in [6.07, 6.45) is 3.31. The minimum absolute atomic E-state index is 0.00731. The Morgan fingerprint density at radius 2 is 1.80 bits per heavy atom. The van der Waals surface area contributed by atoms with Gasteiger partial charge in [-0.3, -0.25) is 9.59 Å². The van der Waals surface area contributed by atoms with Gasteiger partial charge in [-0.25, -0.2) is 8.42 Å². The Bertz CT molecular complexity index is 1070. The zero-order chi connectivity index (χ0) is 22.1. The number of aryl methyl sites for hydroxylation is 1. The normalized spacial score (nSPS) is 15.2. The van der Waals surface area contributed by atoms with E-state index in [2.05, 4.69) is 0 Å². The molecule has 1 saturated heterocycles. The van der Waals surface area contributed by atoms with Crippen LogP contribution in [0, 0.1) is 0 Å². The largest absolute Gasteiger partial charge is 0.496 e. The van der Waals surface area contributed by atoms with E-state index in [1.807, 2.05) is 18.4 Å². The van der Waals surface area contributed by atoms with Crippen LogP contribution in [-0.4, -0.2) is 73.5 Å². The van der Waals surface area contributed by atoms with Gasteiger partial charge in [-0.1, -0.05) is 0 Å². The molecule has 3 rings (SSSR count). The van der Waals surface area contributed by atoms with Crippen molar-refractivity contribution in [2.45, 2.75) is 9.79 Å². The van der Waals surface area contributed by atoms with E-state index >= 15 is 0 Å². The highest BCUT2D eigenvalue weighted by atomic mass is 32.2. The lowest BCUT2D eigenvalue weighted by Crippen LogP contribution is -2.50. The minimum Gasteiger partial charge on any atom is -0.496 e. The second-order valence-electron chi connectivity index (χ2n) is 6.80. The molecule has 0 radical (unpaired) electrons. The van der Waals surface area contributed by atoms with Crippen LogP contribution >= 0.6 is 11.8 Å². The lowest BCUT2D eigenvalue weighted by molar-refractivity contribution is 0.0694. The van der Waals surface area contributed by atoms with Crippen LogP contribution in [0.3, 0.4) is 0 Å². The predicted molar refractivity (Wildman–Crippen MR) is 113 cm³/mol. The number of primary amides is 1. The van der Waals surface area contributed by atoms with Crippen molar-refractivity contribution in [1.29, 1.82) is 0 Å². The second kappa shape index (κ2) is 8.70. The first-order valence-corrected chi connectivity index (χ1v) is 11.8. The summed E-state index contributed by atoms with van der Waals surface area (Å²) in [6, 6.07) is 6.66. The van der Waals surface area contributed by atoms with Gasteiger partial charge in [0.15, 0.2) is 0 Å². The number of sulfonamides is 1. The van der Waals surface area contributed by atoms with Crippen LogP contribution in [0.5, 0.6) is 5.75 Å². The minimum atomic E-state index is -3.79. The molecule has 2 heterocycles. The Morgan fingerprint density at radius 1 is 1.13 bits per heavy atom. The van der Waals surface area contributed by atoms with Crippen LogP contribution in [0.15, 0.2) is 40.3 Å². The third-order valence-electron chi connectivity index (χ3n) is 5.04. The van der Waals surface area contributed by atoms with Crippen LogP contribution in [0.25, 0.3) is 0 Å². The molecule has 11 heteroatoms. The topological polar surface area (TPSA) is 115 Å². The van der Waals surface area contributed by atoms with Gasteiger partial charge in [-0.05, 0) is 30.5 Å². The number of carbonyl (C=O) groups excluding carboxylic acids is 2. The van der Waals surface area contributed by atoms with Crippen molar-refractivity contribution in [2.24, 2.45) is 12.8 Å². The number of ether oxygens (including phenoxy) is 1. The molecule has 0 unspecified atom stereocenters. The first kappa shape index (κ1) is 22.2. The number of thioether (sulfide) groups is 1. The zero-order valence-electron chi connectivity index (χ0n) is 17.0. The van der Waals surface area contributed by atoms with E-state index < -0.39 is 15.9 Å². The molecule has 1 fully saturated rings. The van der Waals surface area contributed by atoms with E-state index in [0.29, 0.717) is 11.3 Å². The van der Waals surface area contributed by atoms with Crippen LogP contribution in [0.2, 0.25) is 0 Å². The fourth-order valence-corrected chi connectivity index (χ4v) is 5.27. The summed E-state index contributed by atoms with van der Waals surface area (Å²) >= 11 is 1.55. The number of rotatable bonds is 6. The number of carbonyl (C=O) groups is 2. The zero-order valence-corrected chi connectivity index (χ0v) is 18.6. The van der Waals surface area contributed by atoms with Crippen molar-refractivity contribution in [3.8, 4) is 5.75 Å². The monoisotopic (exact) mass is 452 g/mol. The molecule has 1 aromatic heterocycles. The molecule has 30 heavy (non-hydrogen) atoms. The van der Waals surface area contributed by atoms with Crippen molar-refractivity contribution < 1.29 is 22.7 Å². The summed E-state index contributed by atoms with van der Waals surface area (Å²) in [6.45, 7) is 0.808. The summed E-state index contributed by atoms with van der Waals surface area (Å²) in [7, 11) is -0.718. The number of aromatic nitrogens is 1. The van der Waals surface area contributed by atoms with Gasteiger partial charge in [0.1, 0.15) is 16.3 Å². The Balaban J connectivity index is 1.73. The number of nitrogens with two attached hydrogens (primary N) is 1. The Labute approximate surface area is 179 Å². The van der Waals surface area contributed by atoms with Gasteiger partial charge >= 0.3 is 0 Å². The Kier molecular flexibility index (Phi) is 6.44. The van der Waals surface area contributed by atoms with E-state index in [-0.39, 0.29) is 42.7 Å². The summed E-state index contributed by atoms with van der Waals surface area (Å²) in [4.78, 5) is 27.0. The van der Waals surface area contributed by atoms with Gasteiger partial charge < -0.3 is 19.9 Å². The fraction of sp³-hybridized carbons (Fsp3) is 0.368. The van der Waals surface area contributed by atoms with E-state index in [9.17, 15) is 18.0 Å². The quantitative estimate of drug-likeness (QED) is 0.654. The van der Waals surface area contributed by atoms with Gasteiger partial charge in [0.05, 0.1) is 12.7 Å². The predicted octanol–water partition coefficient (Wildman–Crippen LogP) is 1.00. The molecule has 2 amide bonds. The summed E-state index contributed by atoms with van der Waals surface area (Å²) in [5.41, 5.74) is 5.83. The van der Waals surface area contributed by atoms with Crippen molar-refractivity contribution >= 4 is 33.6 Å². The maximum absolute atomic E-state index is 12.9.